The molecule has 0 amide bonds. The van der Waals surface area contributed by atoms with Gasteiger partial charge < -0.3 is 20.3 Å². The number of hydrogen-bond donors (Lipinski definition) is 2. The third-order valence-corrected chi connectivity index (χ3v) is 3.80. The van der Waals surface area contributed by atoms with Crippen molar-refractivity contribution in [2.75, 3.05) is 33.0 Å². The molecule has 82 valence electrons. The maximum atomic E-state index is 10.6. The van der Waals surface area contributed by atoms with E-state index < -0.39 is 5.60 Å². The monoisotopic (exact) mass is 201 g/mol. The van der Waals surface area contributed by atoms with Gasteiger partial charge in [0.15, 0.2) is 0 Å². The van der Waals surface area contributed by atoms with Crippen molar-refractivity contribution in [2.24, 2.45) is 11.1 Å². The second-order valence-electron chi connectivity index (χ2n) is 4.43. The molecular formula is C10H19NO3. The minimum Gasteiger partial charge on any atom is -0.389 e. The van der Waals surface area contributed by atoms with Gasteiger partial charge in [-0.25, -0.2) is 0 Å². The van der Waals surface area contributed by atoms with Crippen molar-refractivity contribution in [1.82, 2.24) is 0 Å². The molecule has 2 aliphatic heterocycles. The van der Waals surface area contributed by atoms with Crippen molar-refractivity contribution in [2.45, 2.75) is 24.9 Å². The summed E-state index contributed by atoms with van der Waals surface area (Å²) >= 11 is 0. The lowest BCUT2D eigenvalue weighted by molar-refractivity contribution is -0.141. The van der Waals surface area contributed by atoms with Crippen LogP contribution in [-0.2, 0) is 9.47 Å². The molecule has 0 saturated carbocycles. The summed E-state index contributed by atoms with van der Waals surface area (Å²) in [6, 6.07) is 0. The molecule has 1 atom stereocenters. The van der Waals surface area contributed by atoms with Crippen LogP contribution in [0.5, 0.6) is 0 Å². The highest BCUT2D eigenvalue weighted by Gasteiger charge is 2.52. The number of nitrogens with two attached hydrogens (primary N) is 1. The zero-order valence-electron chi connectivity index (χ0n) is 8.50. The van der Waals surface area contributed by atoms with Gasteiger partial charge in [0.2, 0.25) is 0 Å². The first-order valence-electron chi connectivity index (χ1n) is 5.30. The van der Waals surface area contributed by atoms with E-state index in [1.807, 2.05) is 0 Å². The van der Waals surface area contributed by atoms with Crippen LogP contribution < -0.4 is 5.73 Å². The van der Waals surface area contributed by atoms with Crippen LogP contribution in [0.25, 0.3) is 0 Å². The molecule has 2 fully saturated rings. The fourth-order valence-electron chi connectivity index (χ4n) is 2.56. The van der Waals surface area contributed by atoms with Gasteiger partial charge in [0.25, 0.3) is 0 Å². The Kier molecular flexibility index (Phi) is 2.79. The van der Waals surface area contributed by atoms with Gasteiger partial charge in [0.05, 0.1) is 12.2 Å². The van der Waals surface area contributed by atoms with E-state index in [1.54, 1.807) is 0 Å². The third-order valence-electron chi connectivity index (χ3n) is 3.80. The van der Waals surface area contributed by atoms with E-state index in [2.05, 4.69) is 0 Å². The zero-order chi connectivity index (χ0) is 10.1. The highest BCUT2D eigenvalue weighted by Crippen LogP contribution is 2.44. The second-order valence-corrected chi connectivity index (χ2v) is 4.43. The van der Waals surface area contributed by atoms with Crippen molar-refractivity contribution in [3.63, 3.8) is 0 Å². The van der Waals surface area contributed by atoms with Crippen LogP contribution in [0.15, 0.2) is 0 Å². The average molecular weight is 201 g/mol. The minimum absolute atomic E-state index is 0.225. The molecule has 0 bridgehead atoms. The summed E-state index contributed by atoms with van der Waals surface area (Å²) in [6.07, 6.45) is 2.25. The van der Waals surface area contributed by atoms with E-state index in [0.717, 1.165) is 13.0 Å². The Morgan fingerprint density at radius 3 is 2.21 bits per heavy atom. The number of hydrogen-bond acceptors (Lipinski definition) is 4. The van der Waals surface area contributed by atoms with Gasteiger partial charge in [0, 0.05) is 44.6 Å². The summed E-state index contributed by atoms with van der Waals surface area (Å²) in [7, 11) is 0. The Hall–Kier alpha value is -0.160. The Morgan fingerprint density at radius 1 is 1.07 bits per heavy atom. The van der Waals surface area contributed by atoms with Gasteiger partial charge in [-0.1, -0.05) is 0 Å². The van der Waals surface area contributed by atoms with Crippen molar-refractivity contribution < 1.29 is 14.6 Å². The quantitative estimate of drug-likeness (QED) is 0.654. The SMILES string of the molecule is NCC1(C2(O)CCOCC2)CCOC1. The molecule has 4 nitrogen and oxygen atoms in total. The molecule has 0 aromatic rings. The zero-order valence-corrected chi connectivity index (χ0v) is 8.50. The first kappa shape index (κ1) is 10.4. The van der Waals surface area contributed by atoms with Crippen molar-refractivity contribution >= 4 is 0 Å². The second kappa shape index (κ2) is 3.77. The summed E-state index contributed by atoms with van der Waals surface area (Å²) in [5.41, 5.74) is 4.91. The van der Waals surface area contributed by atoms with Gasteiger partial charge in [-0.2, -0.15) is 0 Å². The predicted molar refractivity (Wildman–Crippen MR) is 51.9 cm³/mol. The first-order valence-corrected chi connectivity index (χ1v) is 5.30. The van der Waals surface area contributed by atoms with E-state index in [-0.39, 0.29) is 5.41 Å². The van der Waals surface area contributed by atoms with Gasteiger partial charge in [0.1, 0.15) is 0 Å². The summed E-state index contributed by atoms with van der Waals surface area (Å²) in [5, 5.41) is 10.6. The van der Waals surface area contributed by atoms with Gasteiger partial charge >= 0.3 is 0 Å². The molecule has 2 heterocycles. The van der Waals surface area contributed by atoms with Gasteiger partial charge in [-0.15, -0.1) is 0 Å². The lowest BCUT2D eigenvalue weighted by Crippen LogP contribution is -2.55. The van der Waals surface area contributed by atoms with Crippen LogP contribution in [0.3, 0.4) is 0 Å². The molecule has 2 rings (SSSR count). The van der Waals surface area contributed by atoms with Crippen LogP contribution in [-0.4, -0.2) is 43.7 Å². The Bertz CT molecular complexity index is 196. The van der Waals surface area contributed by atoms with Gasteiger partial charge in [-0.05, 0) is 6.42 Å². The number of rotatable bonds is 2. The number of ether oxygens (including phenoxy) is 2. The van der Waals surface area contributed by atoms with Crippen LogP contribution in [0.2, 0.25) is 0 Å². The standard InChI is InChI=1S/C10H19NO3/c11-7-9(1-4-14-8-9)10(12)2-5-13-6-3-10/h12H,1-8,11H2. The molecule has 2 saturated heterocycles. The molecule has 1 unspecified atom stereocenters. The molecule has 0 aromatic heterocycles. The summed E-state index contributed by atoms with van der Waals surface area (Å²) in [4.78, 5) is 0. The molecule has 0 aliphatic carbocycles. The fraction of sp³-hybridized carbons (Fsp3) is 1.00. The lowest BCUT2D eigenvalue weighted by Gasteiger charge is -2.45. The fourth-order valence-corrected chi connectivity index (χ4v) is 2.56. The van der Waals surface area contributed by atoms with Crippen molar-refractivity contribution in [3.05, 3.63) is 0 Å². The van der Waals surface area contributed by atoms with Crippen molar-refractivity contribution in [1.29, 1.82) is 0 Å². The first-order chi connectivity index (χ1) is 6.72. The van der Waals surface area contributed by atoms with Crippen molar-refractivity contribution in [3.8, 4) is 0 Å². The van der Waals surface area contributed by atoms with Crippen LogP contribution in [0.1, 0.15) is 19.3 Å². The lowest BCUT2D eigenvalue weighted by atomic mass is 9.67. The normalized spacial score (nSPS) is 37.3. The molecule has 14 heavy (non-hydrogen) atoms. The Morgan fingerprint density at radius 2 is 1.71 bits per heavy atom. The maximum absolute atomic E-state index is 10.6. The minimum atomic E-state index is -0.670. The Labute approximate surface area is 84.4 Å². The average Bonchev–Trinajstić information content (AvgIpc) is 2.68. The third kappa shape index (κ3) is 1.46. The molecule has 2 aliphatic rings. The van der Waals surface area contributed by atoms with E-state index in [1.165, 1.54) is 0 Å². The van der Waals surface area contributed by atoms with E-state index in [9.17, 15) is 5.11 Å². The summed E-state index contributed by atoms with van der Waals surface area (Å²) in [6.45, 7) is 3.10. The van der Waals surface area contributed by atoms with E-state index in [0.29, 0.717) is 39.2 Å². The maximum Gasteiger partial charge on any atom is 0.0782 e. The largest absolute Gasteiger partial charge is 0.389 e. The van der Waals surface area contributed by atoms with Gasteiger partial charge in [-0.3, -0.25) is 0 Å². The predicted octanol–water partition coefficient (Wildman–Crippen LogP) is -0.107. The van der Waals surface area contributed by atoms with Crippen LogP contribution in [0, 0.1) is 5.41 Å². The molecule has 0 spiro atoms. The van der Waals surface area contributed by atoms with Crippen LogP contribution >= 0.6 is 0 Å². The molecule has 0 aromatic carbocycles. The highest BCUT2D eigenvalue weighted by atomic mass is 16.5. The topological polar surface area (TPSA) is 64.7 Å². The smallest absolute Gasteiger partial charge is 0.0782 e. The summed E-state index contributed by atoms with van der Waals surface area (Å²) in [5.74, 6) is 0. The number of aliphatic hydroxyl groups is 1. The Balaban J connectivity index is 2.15. The summed E-state index contributed by atoms with van der Waals surface area (Å²) < 4.78 is 10.7. The van der Waals surface area contributed by atoms with E-state index >= 15 is 0 Å². The molecule has 3 N–H and O–H groups in total. The van der Waals surface area contributed by atoms with E-state index in [4.69, 9.17) is 15.2 Å². The highest BCUT2D eigenvalue weighted by molar-refractivity contribution is 5.02. The molecule has 4 heteroatoms. The van der Waals surface area contributed by atoms with Crippen LogP contribution in [0.4, 0.5) is 0 Å². The molecule has 0 radical (unpaired) electrons. The molecular weight excluding hydrogens is 182 g/mol.